The summed E-state index contributed by atoms with van der Waals surface area (Å²) in [6.07, 6.45) is 0.445. The van der Waals surface area contributed by atoms with Gasteiger partial charge in [0.25, 0.3) is 0 Å². The van der Waals surface area contributed by atoms with E-state index in [1.807, 2.05) is 5.10 Å². The first-order chi connectivity index (χ1) is 10.0. The molecule has 0 spiro atoms. The molecule has 2 fully saturated rings. The highest BCUT2D eigenvalue weighted by molar-refractivity contribution is 5.16. The van der Waals surface area contributed by atoms with Crippen LogP contribution in [0.5, 0.6) is 5.88 Å². The summed E-state index contributed by atoms with van der Waals surface area (Å²) in [5.41, 5.74) is -0.861. The van der Waals surface area contributed by atoms with Gasteiger partial charge in [0.2, 0.25) is 5.88 Å². The van der Waals surface area contributed by atoms with Crippen molar-refractivity contribution in [1.82, 2.24) is 15.1 Å². The molecule has 118 valence electrons. The first-order valence-electron chi connectivity index (χ1n) is 7.50. The number of nitrogens with zero attached hydrogens (tertiary/aromatic N) is 2. The average Bonchev–Trinajstić information content (AvgIpc) is 3.05. The molecule has 0 aromatic carbocycles. The van der Waals surface area contributed by atoms with Crippen molar-refractivity contribution in [3.05, 3.63) is 11.8 Å². The fraction of sp³-hybridized carbons (Fsp3) is 0.786. The van der Waals surface area contributed by atoms with E-state index in [-0.39, 0.29) is 5.88 Å². The first-order valence-corrected chi connectivity index (χ1v) is 7.50. The van der Waals surface area contributed by atoms with Crippen molar-refractivity contribution in [2.45, 2.75) is 31.9 Å². The molecule has 2 atom stereocenters. The summed E-state index contributed by atoms with van der Waals surface area (Å²) >= 11 is 0. The second kappa shape index (κ2) is 5.87. The van der Waals surface area contributed by atoms with Crippen LogP contribution in [0.1, 0.15) is 31.4 Å². The third-order valence-electron chi connectivity index (χ3n) is 4.57. The number of hydrogen-bond donors (Lipinski definition) is 1. The molecule has 1 saturated heterocycles. The summed E-state index contributed by atoms with van der Waals surface area (Å²) in [4.78, 5) is 2.48. The predicted octanol–water partition coefficient (Wildman–Crippen LogP) is 2.93. The fourth-order valence-corrected chi connectivity index (χ4v) is 3.11. The number of hydrogen-bond acceptors (Lipinski definition) is 3. The molecule has 1 aromatic rings. The lowest BCUT2D eigenvalue weighted by atomic mass is 9.74. The van der Waals surface area contributed by atoms with Crippen LogP contribution in [0.4, 0.5) is 13.2 Å². The van der Waals surface area contributed by atoms with Gasteiger partial charge < -0.3 is 9.64 Å². The minimum atomic E-state index is -4.40. The topological polar surface area (TPSA) is 41.1 Å². The van der Waals surface area contributed by atoms with Crippen LogP contribution in [0.3, 0.4) is 0 Å². The van der Waals surface area contributed by atoms with Crippen molar-refractivity contribution < 1.29 is 17.9 Å². The lowest BCUT2D eigenvalue weighted by Crippen LogP contribution is -2.39. The number of aromatic nitrogens is 2. The number of ether oxygens (including phenoxy) is 1. The SMILES string of the molecule is FC(F)(F)c1cc(OC[C@H]2CC[C@H]2CN2CCCC2)n[nH]1. The Kier molecular flexibility index (Phi) is 4.10. The molecule has 21 heavy (non-hydrogen) atoms. The Morgan fingerprint density at radius 2 is 1.95 bits per heavy atom. The maximum Gasteiger partial charge on any atom is 0.432 e. The lowest BCUT2D eigenvalue weighted by Gasteiger charge is -2.38. The van der Waals surface area contributed by atoms with E-state index in [1.165, 1.54) is 32.4 Å². The standard InChI is InChI=1S/C14H20F3N3O/c15-14(16,17)12-7-13(19-18-12)21-9-11-4-3-10(11)8-20-5-1-2-6-20/h7,10-11H,1-6,8-9H2,(H,18,19)/t10-,11+/m0/s1. The van der Waals surface area contributed by atoms with Gasteiger partial charge in [0.1, 0.15) is 5.69 Å². The van der Waals surface area contributed by atoms with E-state index in [1.54, 1.807) is 0 Å². The number of likely N-dealkylation sites (tertiary alicyclic amines) is 1. The van der Waals surface area contributed by atoms with Gasteiger partial charge in [-0.2, -0.15) is 13.2 Å². The molecule has 1 aromatic heterocycles. The van der Waals surface area contributed by atoms with Crippen molar-refractivity contribution in [2.24, 2.45) is 11.8 Å². The van der Waals surface area contributed by atoms with Gasteiger partial charge in [0.15, 0.2) is 0 Å². The molecule has 2 aliphatic rings. The molecule has 1 aliphatic carbocycles. The smallest absolute Gasteiger partial charge is 0.432 e. The van der Waals surface area contributed by atoms with Crippen molar-refractivity contribution in [3.8, 4) is 5.88 Å². The van der Waals surface area contributed by atoms with Crippen LogP contribution in [-0.4, -0.2) is 41.3 Å². The molecule has 1 aliphatic heterocycles. The second-order valence-corrected chi connectivity index (χ2v) is 6.03. The maximum atomic E-state index is 12.4. The zero-order valence-corrected chi connectivity index (χ0v) is 11.8. The molecule has 0 unspecified atom stereocenters. The van der Waals surface area contributed by atoms with Gasteiger partial charge >= 0.3 is 6.18 Å². The zero-order chi connectivity index (χ0) is 14.9. The summed E-state index contributed by atoms with van der Waals surface area (Å²) in [5, 5.41) is 5.53. The van der Waals surface area contributed by atoms with E-state index in [2.05, 4.69) is 10.00 Å². The van der Waals surface area contributed by atoms with E-state index in [9.17, 15) is 13.2 Å². The molecule has 4 nitrogen and oxygen atoms in total. The van der Waals surface area contributed by atoms with Crippen LogP contribution in [0.15, 0.2) is 6.07 Å². The number of H-pyrrole nitrogens is 1. The van der Waals surface area contributed by atoms with E-state index >= 15 is 0 Å². The van der Waals surface area contributed by atoms with Gasteiger partial charge in [-0.15, -0.1) is 5.10 Å². The molecule has 2 heterocycles. The van der Waals surface area contributed by atoms with Crippen LogP contribution < -0.4 is 4.74 Å². The Morgan fingerprint density at radius 1 is 1.24 bits per heavy atom. The molecule has 0 bridgehead atoms. The van der Waals surface area contributed by atoms with Gasteiger partial charge in [0, 0.05) is 12.6 Å². The highest BCUT2D eigenvalue weighted by atomic mass is 19.4. The van der Waals surface area contributed by atoms with Crippen molar-refractivity contribution in [3.63, 3.8) is 0 Å². The van der Waals surface area contributed by atoms with Gasteiger partial charge in [-0.05, 0) is 50.6 Å². The quantitative estimate of drug-likeness (QED) is 0.909. The van der Waals surface area contributed by atoms with Gasteiger partial charge in [0.05, 0.1) is 6.61 Å². The van der Waals surface area contributed by atoms with E-state index < -0.39 is 11.9 Å². The third-order valence-corrected chi connectivity index (χ3v) is 4.57. The van der Waals surface area contributed by atoms with Crippen LogP contribution in [0.25, 0.3) is 0 Å². The summed E-state index contributed by atoms with van der Waals surface area (Å²) in [5.74, 6) is 1.09. The van der Waals surface area contributed by atoms with Crippen molar-refractivity contribution >= 4 is 0 Å². The van der Waals surface area contributed by atoms with Crippen molar-refractivity contribution in [2.75, 3.05) is 26.2 Å². The number of halogens is 3. The molecular formula is C14H20F3N3O. The van der Waals surface area contributed by atoms with Gasteiger partial charge in [-0.25, -0.2) is 0 Å². The Morgan fingerprint density at radius 3 is 2.52 bits per heavy atom. The summed E-state index contributed by atoms with van der Waals surface area (Å²) in [6, 6.07) is 0.925. The molecular weight excluding hydrogens is 283 g/mol. The van der Waals surface area contributed by atoms with Crippen LogP contribution in [0, 0.1) is 11.8 Å². The minimum absolute atomic E-state index is 0.0362. The van der Waals surface area contributed by atoms with Gasteiger partial charge in [-0.3, -0.25) is 5.10 Å². The predicted molar refractivity (Wildman–Crippen MR) is 71.0 cm³/mol. The molecule has 1 saturated carbocycles. The van der Waals surface area contributed by atoms with Crippen molar-refractivity contribution in [1.29, 1.82) is 0 Å². The summed E-state index contributed by atoms with van der Waals surface area (Å²) in [7, 11) is 0. The first kappa shape index (κ1) is 14.7. The van der Waals surface area contributed by atoms with E-state index in [0.717, 1.165) is 19.0 Å². The van der Waals surface area contributed by atoms with Crippen LogP contribution in [-0.2, 0) is 6.18 Å². The molecule has 3 rings (SSSR count). The second-order valence-electron chi connectivity index (χ2n) is 6.03. The number of rotatable bonds is 5. The van der Waals surface area contributed by atoms with E-state index in [4.69, 9.17) is 4.74 Å². The summed E-state index contributed by atoms with van der Waals surface area (Å²) < 4.78 is 42.7. The Bertz CT molecular complexity index is 468. The molecule has 1 N–H and O–H groups in total. The largest absolute Gasteiger partial charge is 0.476 e. The lowest BCUT2D eigenvalue weighted by molar-refractivity contribution is -0.141. The minimum Gasteiger partial charge on any atom is -0.476 e. The highest BCUT2D eigenvalue weighted by Crippen LogP contribution is 2.36. The van der Waals surface area contributed by atoms with Crippen LogP contribution in [0.2, 0.25) is 0 Å². The zero-order valence-electron chi connectivity index (χ0n) is 11.8. The molecule has 0 amide bonds. The Labute approximate surface area is 121 Å². The Hall–Kier alpha value is -1.24. The highest BCUT2D eigenvalue weighted by Gasteiger charge is 2.35. The van der Waals surface area contributed by atoms with Gasteiger partial charge in [-0.1, -0.05) is 0 Å². The number of aromatic amines is 1. The number of nitrogens with one attached hydrogen (secondary N) is 1. The Balaban J connectivity index is 1.45. The summed E-state index contributed by atoms with van der Waals surface area (Å²) in [6.45, 7) is 3.92. The van der Waals surface area contributed by atoms with Crippen LogP contribution >= 0.6 is 0 Å². The normalized spacial score (nSPS) is 26.8. The monoisotopic (exact) mass is 303 g/mol. The molecule has 0 radical (unpaired) electrons. The maximum absolute atomic E-state index is 12.4. The fourth-order valence-electron chi connectivity index (χ4n) is 3.11. The number of alkyl halides is 3. The average molecular weight is 303 g/mol. The van der Waals surface area contributed by atoms with E-state index in [0.29, 0.717) is 18.4 Å². The third kappa shape index (κ3) is 3.51. The molecule has 7 heteroatoms.